The Hall–Kier alpha value is -2.35. The van der Waals surface area contributed by atoms with Gasteiger partial charge in [-0.25, -0.2) is 0 Å². The zero-order valence-electron chi connectivity index (χ0n) is 20.0. The van der Waals surface area contributed by atoms with Crippen LogP contribution in [0.5, 0.6) is 11.5 Å². The van der Waals surface area contributed by atoms with Crippen LogP contribution in [-0.2, 0) is 16.6 Å². The smallest absolute Gasteiger partial charge is 0.246 e. The number of amides is 1. The van der Waals surface area contributed by atoms with E-state index in [1.807, 2.05) is 36.7 Å². The van der Waals surface area contributed by atoms with Gasteiger partial charge < -0.3 is 19.8 Å². The average molecular weight is 493 g/mol. The molecule has 7 rings (SSSR count). The van der Waals surface area contributed by atoms with Crippen molar-refractivity contribution < 1.29 is 19.7 Å². The van der Waals surface area contributed by atoms with Crippen LogP contribution in [0.25, 0.3) is 6.08 Å². The van der Waals surface area contributed by atoms with Crippen molar-refractivity contribution in [1.29, 1.82) is 0 Å². The molecule has 3 heterocycles. The lowest BCUT2D eigenvalue weighted by Crippen LogP contribution is -2.78. The highest BCUT2D eigenvalue weighted by molar-refractivity contribution is 7.10. The molecule has 2 N–H and O–H groups in total. The van der Waals surface area contributed by atoms with Crippen molar-refractivity contribution >= 4 is 23.3 Å². The number of carbonyl (C=O) groups is 1. The molecule has 184 valence electrons. The maximum atomic E-state index is 13.2. The van der Waals surface area contributed by atoms with Crippen LogP contribution < -0.4 is 4.74 Å². The van der Waals surface area contributed by atoms with E-state index < -0.39 is 11.0 Å². The molecule has 1 saturated heterocycles. The van der Waals surface area contributed by atoms with Crippen molar-refractivity contribution in [3.05, 3.63) is 51.7 Å². The Morgan fingerprint density at radius 3 is 2.91 bits per heavy atom. The lowest BCUT2D eigenvalue weighted by Gasteiger charge is -2.64. The minimum Gasteiger partial charge on any atom is -0.504 e. The standard InChI is InChI=1S/C28H32N2O4S/c1-29(23(32)9-7-19-3-2-14-35-19)20-10-11-28(33)22-15-18-6-8-21(31)25-24(18)27(28,26(20)34-25)12-13-30(22)16-17-4-5-17/h2-3,6-9,14,17,20,22,26,31,33H,4-5,10-13,15-16H2,1H3/b9-7+/t20-,22+,26+,27+,28-/m1/s1. The first-order valence-electron chi connectivity index (χ1n) is 12.9. The van der Waals surface area contributed by atoms with Crippen molar-refractivity contribution in [2.24, 2.45) is 5.92 Å². The van der Waals surface area contributed by atoms with Gasteiger partial charge in [0.25, 0.3) is 0 Å². The summed E-state index contributed by atoms with van der Waals surface area (Å²) >= 11 is 1.60. The van der Waals surface area contributed by atoms with Crippen molar-refractivity contribution in [2.45, 2.75) is 67.7 Å². The summed E-state index contributed by atoms with van der Waals surface area (Å²) in [6.07, 6.45) is 8.58. The second-order valence-corrected chi connectivity index (χ2v) is 12.2. The normalized spacial score (nSPS) is 35.1. The number of phenols is 1. The van der Waals surface area contributed by atoms with Crippen LogP contribution in [0.15, 0.2) is 35.7 Å². The largest absolute Gasteiger partial charge is 0.504 e. The van der Waals surface area contributed by atoms with E-state index in [1.165, 1.54) is 18.4 Å². The molecule has 2 bridgehead atoms. The highest BCUT2D eigenvalue weighted by Gasteiger charge is 2.73. The summed E-state index contributed by atoms with van der Waals surface area (Å²) in [7, 11) is 1.85. The molecule has 2 saturated carbocycles. The van der Waals surface area contributed by atoms with Gasteiger partial charge in [0.1, 0.15) is 6.10 Å². The number of ether oxygens (including phenoxy) is 1. The van der Waals surface area contributed by atoms with E-state index in [2.05, 4.69) is 4.90 Å². The molecule has 1 aromatic heterocycles. The highest BCUT2D eigenvalue weighted by Crippen LogP contribution is 2.66. The summed E-state index contributed by atoms with van der Waals surface area (Å²) in [5.41, 5.74) is 0.660. The molecule has 1 spiro atoms. The molecule has 3 aliphatic carbocycles. The van der Waals surface area contributed by atoms with E-state index in [4.69, 9.17) is 4.74 Å². The van der Waals surface area contributed by atoms with Gasteiger partial charge in [-0.3, -0.25) is 9.69 Å². The van der Waals surface area contributed by atoms with Gasteiger partial charge in [-0.1, -0.05) is 12.1 Å². The Labute approximate surface area is 209 Å². The van der Waals surface area contributed by atoms with Gasteiger partial charge in [0.2, 0.25) is 5.91 Å². The third-order valence-electron chi connectivity index (χ3n) is 9.51. The minimum atomic E-state index is -0.927. The fourth-order valence-electron chi connectivity index (χ4n) is 7.67. The van der Waals surface area contributed by atoms with E-state index >= 15 is 0 Å². The number of rotatable bonds is 5. The van der Waals surface area contributed by atoms with Crippen LogP contribution in [0.4, 0.5) is 0 Å². The topological polar surface area (TPSA) is 73.2 Å². The number of likely N-dealkylation sites (tertiary alicyclic amines) is 1. The number of hydrogen-bond acceptors (Lipinski definition) is 6. The molecule has 5 atom stereocenters. The lowest BCUT2D eigenvalue weighted by atomic mass is 9.48. The van der Waals surface area contributed by atoms with Crippen molar-refractivity contribution in [3.63, 3.8) is 0 Å². The Balaban J connectivity index is 1.28. The summed E-state index contributed by atoms with van der Waals surface area (Å²) in [4.78, 5) is 18.6. The first kappa shape index (κ1) is 21.9. The van der Waals surface area contributed by atoms with E-state index in [-0.39, 0.29) is 29.8 Å². The maximum absolute atomic E-state index is 13.2. The molecule has 3 fully saturated rings. The average Bonchev–Trinajstić information content (AvgIpc) is 3.36. The van der Waals surface area contributed by atoms with Crippen LogP contribution in [-0.4, -0.2) is 69.8 Å². The zero-order chi connectivity index (χ0) is 23.9. The number of aliphatic hydroxyl groups is 1. The van der Waals surface area contributed by atoms with Crippen LogP contribution in [0.1, 0.15) is 48.1 Å². The van der Waals surface area contributed by atoms with Crippen molar-refractivity contribution in [3.8, 4) is 11.5 Å². The van der Waals surface area contributed by atoms with Gasteiger partial charge in [0.15, 0.2) is 11.5 Å². The Morgan fingerprint density at radius 1 is 1.29 bits per heavy atom. The SMILES string of the molecule is CN(C(=O)/C=C/c1cccs1)[C@@H]1CC[C@@]2(O)[C@@H]3Cc4ccc(O)c5c4[C@@]2(CCN3CC2CC2)[C@H]1O5. The molecule has 6 nitrogen and oxygen atoms in total. The maximum Gasteiger partial charge on any atom is 0.246 e. The third kappa shape index (κ3) is 2.98. The predicted molar refractivity (Wildman–Crippen MR) is 135 cm³/mol. The van der Waals surface area contributed by atoms with Gasteiger partial charge >= 0.3 is 0 Å². The number of likely N-dealkylation sites (N-methyl/N-ethyl adjacent to an activating group) is 1. The number of piperidine rings is 1. The molecule has 5 aliphatic rings. The zero-order valence-corrected chi connectivity index (χ0v) is 20.8. The molecule has 1 aromatic carbocycles. The van der Waals surface area contributed by atoms with Gasteiger partial charge in [-0.15, -0.1) is 11.3 Å². The van der Waals surface area contributed by atoms with Gasteiger partial charge in [-0.2, -0.15) is 0 Å². The van der Waals surface area contributed by atoms with Crippen LogP contribution >= 0.6 is 11.3 Å². The van der Waals surface area contributed by atoms with E-state index in [1.54, 1.807) is 28.4 Å². The molecule has 2 aromatic rings. The summed E-state index contributed by atoms with van der Waals surface area (Å²) < 4.78 is 6.59. The number of nitrogens with zero attached hydrogens (tertiary/aromatic N) is 2. The van der Waals surface area contributed by atoms with Gasteiger partial charge in [0.05, 0.1) is 17.1 Å². The van der Waals surface area contributed by atoms with Crippen LogP contribution in [0.2, 0.25) is 0 Å². The molecule has 2 aliphatic heterocycles. The van der Waals surface area contributed by atoms with Gasteiger partial charge in [-0.05, 0) is 80.1 Å². The second kappa shape index (κ2) is 7.58. The summed E-state index contributed by atoms with van der Waals surface area (Å²) in [6.45, 7) is 1.98. The number of hydrogen-bond donors (Lipinski definition) is 2. The Kier molecular flexibility index (Phi) is 4.74. The molecular formula is C28H32N2O4S. The number of aromatic hydroxyl groups is 1. The van der Waals surface area contributed by atoms with Crippen LogP contribution in [0, 0.1) is 5.92 Å². The fourth-order valence-corrected chi connectivity index (χ4v) is 8.29. The molecule has 0 radical (unpaired) electrons. The molecule has 0 unspecified atom stereocenters. The quantitative estimate of drug-likeness (QED) is 0.625. The van der Waals surface area contributed by atoms with E-state index in [0.717, 1.165) is 42.3 Å². The van der Waals surface area contributed by atoms with Crippen molar-refractivity contribution in [2.75, 3.05) is 20.1 Å². The second-order valence-electron chi connectivity index (χ2n) is 11.2. The molecule has 7 heteroatoms. The number of phenolic OH excluding ortho intramolecular Hbond substituents is 1. The van der Waals surface area contributed by atoms with Gasteiger partial charge in [0, 0.05) is 36.2 Å². The van der Waals surface area contributed by atoms with Crippen LogP contribution in [0.3, 0.4) is 0 Å². The summed E-state index contributed by atoms with van der Waals surface area (Å²) in [5, 5.41) is 25.3. The fraction of sp³-hybridized carbons (Fsp3) is 0.536. The predicted octanol–water partition coefficient (Wildman–Crippen LogP) is 3.56. The van der Waals surface area contributed by atoms with Crippen molar-refractivity contribution in [1.82, 2.24) is 9.80 Å². The first-order valence-corrected chi connectivity index (χ1v) is 13.8. The Bertz CT molecular complexity index is 1210. The third-order valence-corrected chi connectivity index (χ3v) is 10.3. The number of carbonyl (C=O) groups excluding carboxylic acids is 1. The number of benzene rings is 1. The molecule has 1 amide bonds. The lowest BCUT2D eigenvalue weighted by molar-refractivity contribution is -0.200. The summed E-state index contributed by atoms with van der Waals surface area (Å²) in [5.74, 6) is 1.36. The monoisotopic (exact) mass is 492 g/mol. The summed E-state index contributed by atoms with van der Waals surface area (Å²) in [6, 6.07) is 7.60. The highest BCUT2D eigenvalue weighted by atomic mass is 32.1. The Morgan fingerprint density at radius 2 is 2.14 bits per heavy atom. The van der Waals surface area contributed by atoms with E-state index in [9.17, 15) is 15.0 Å². The first-order chi connectivity index (χ1) is 16.9. The number of thiophene rings is 1. The molecule has 35 heavy (non-hydrogen) atoms. The van der Waals surface area contributed by atoms with E-state index in [0.29, 0.717) is 18.6 Å². The minimum absolute atomic E-state index is 0.0478. The molecular weight excluding hydrogens is 460 g/mol.